The number of esters is 1. The van der Waals surface area contributed by atoms with E-state index in [-0.39, 0.29) is 58.3 Å². The monoisotopic (exact) mass is 836 g/mol. The third-order valence-electron chi connectivity index (χ3n) is 13.0. The van der Waals surface area contributed by atoms with E-state index < -0.39 is 36.8 Å². The van der Waals surface area contributed by atoms with Gasteiger partial charge in [0.25, 0.3) is 0 Å². The molecule has 1 saturated carbocycles. The Labute approximate surface area is 346 Å². The number of hydrogen-bond acceptors (Lipinski definition) is 7. The largest absolute Gasteiger partial charge is 0.481 e. The number of aliphatic hydroxyl groups is 1. The highest BCUT2D eigenvalue weighted by molar-refractivity contribution is 6.76. The fourth-order valence-electron chi connectivity index (χ4n) is 7.56. The Bertz CT molecular complexity index is 1330. The molecule has 8 nitrogen and oxygen atoms in total. The van der Waals surface area contributed by atoms with E-state index in [9.17, 15) is 25.1 Å². The molecule has 1 aliphatic rings. The predicted octanol–water partition coefficient (Wildman–Crippen LogP) is 12.0. The van der Waals surface area contributed by atoms with Gasteiger partial charge in [-0.25, -0.2) is 0 Å². The average Bonchev–Trinajstić information content (AvgIpc) is 3.52. The van der Waals surface area contributed by atoms with Crippen LogP contribution in [0.15, 0.2) is 23.8 Å². The van der Waals surface area contributed by atoms with Crippen LogP contribution in [0.2, 0.25) is 61.9 Å². The highest BCUT2D eigenvalue weighted by Gasteiger charge is 2.43. The maximum Gasteiger partial charge on any atom is 0.309 e. The number of carbonyl (C=O) groups excluding carboxylic acids is 1. The van der Waals surface area contributed by atoms with E-state index in [0.29, 0.717) is 30.4 Å². The SMILES string of the molecule is C[C@H](C[C@H](C)C[C@H](C)[C@H](CC(=O)O)O[Si](C)(C)C(C)(C)C)C[C@H](C)[C@@H](O[Si](C)(C)C(C)(C)C)/C(C#N)=C\C=C\C[C@H](O)[C@@H]1CCC[C@H]1C(=O)OCC[Si](C)(C)C. The molecule has 0 aromatic carbocycles. The molecule has 1 aliphatic carbocycles. The van der Waals surface area contributed by atoms with Gasteiger partial charge in [0.15, 0.2) is 16.6 Å². The minimum Gasteiger partial charge on any atom is -0.481 e. The Morgan fingerprint density at radius 3 is 1.88 bits per heavy atom. The first-order valence-electron chi connectivity index (χ1n) is 21.6. The summed E-state index contributed by atoms with van der Waals surface area (Å²) in [4.78, 5) is 24.8. The fraction of sp³-hybridized carbons (Fsp3) is 0.844. The van der Waals surface area contributed by atoms with Crippen LogP contribution in [0, 0.1) is 46.8 Å². The van der Waals surface area contributed by atoms with Gasteiger partial charge in [0.2, 0.25) is 0 Å². The Morgan fingerprint density at radius 1 is 0.839 bits per heavy atom. The molecule has 1 fully saturated rings. The lowest BCUT2D eigenvalue weighted by molar-refractivity contribution is -0.150. The van der Waals surface area contributed by atoms with E-state index in [1.54, 1.807) is 0 Å². The van der Waals surface area contributed by atoms with E-state index in [2.05, 4.69) is 121 Å². The van der Waals surface area contributed by atoms with E-state index in [1.165, 1.54) is 0 Å². The van der Waals surface area contributed by atoms with Crippen LogP contribution in [0.3, 0.4) is 0 Å². The lowest BCUT2D eigenvalue weighted by atomic mass is 9.82. The highest BCUT2D eigenvalue weighted by atomic mass is 28.4. The molecular formula is C45H85NO7Si3. The molecule has 1 rings (SSSR count). The average molecular weight is 836 g/mol. The van der Waals surface area contributed by atoms with Gasteiger partial charge in [-0.15, -0.1) is 0 Å². The molecule has 0 saturated heterocycles. The van der Waals surface area contributed by atoms with Gasteiger partial charge >= 0.3 is 11.9 Å². The molecule has 0 aromatic heterocycles. The van der Waals surface area contributed by atoms with E-state index in [4.69, 9.17) is 13.6 Å². The quantitative estimate of drug-likeness (QED) is 0.0451. The van der Waals surface area contributed by atoms with Crippen LogP contribution in [0.25, 0.3) is 0 Å². The molecule has 9 atom stereocenters. The zero-order chi connectivity index (χ0) is 43.4. The second-order valence-corrected chi connectivity index (χ2v) is 37.0. The van der Waals surface area contributed by atoms with Crippen molar-refractivity contribution in [3.63, 3.8) is 0 Å². The number of nitriles is 1. The summed E-state index contributed by atoms with van der Waals surface area (Å²) < 4.78 is 19.4. The number of ether oxygens (including phenoxy) is 1. The minimum atomic E-state index is -2.25. The smallest absolute Gasteiger partial charge is 0.309 e. The van der Waals surface area contributed by atoms with Crippen LogP contribution >= 0.6 is 0 Å². The number of carboxylic acids is 1. The van der Waals surface area contributed by atoms with Gasteiger partial charge in [0, 0.05) is 8.07 Å². The molecular weight excluding hydrogens is 751 g/mol. The van der Waals surface area contributed by atoms with Crippen molar-refractivity contribution in [3.8, 4) is 6.07 Å². The summed E-state index contributed by atoms with van der Waals surface area (Å²) in [6.45, 7) is 38.2. The molecule has 11 heteroatoms. The minimum absolute atomic E-state index is 0.000564. The number of carboxylic acid groups (broad SMARTS) is 1. The molecule has 0 aromatic rings. The fourth-order valence-corrected chi connectivity index (χ4v) is 11.0. The van der Waals surface area contributed by atoms with Gasteiger partial charge in [0.05, 0.1) is 48.9 Å². The summed E-state index contributed by atoms with van der Waals surface area (Å²) in [7, 11) is -5.70. The third-order valence-corrected chi connectivity index (χ3v) is 23.7. The van der Waals surface area contributed by atoms with E-state index >= 15 is 0 Å². The van der Waals surface area contributed by atoms with Gasteiger partial charge in [0.1, 0.15) is 0 Å². The highest BCUT2D eigenvalue weighted by Crippen LogP contribution is 2.42. The lowest BCUT2D eigenvalue weighted by Gasteiger charge is -2.41. The summed E-state index contributed by atoms with van der Waals surface area (Å²) in [5, 5.41) is 31.4. The first-order chi connectivity index (χ1) is 25.4. The summed E-state index contributed by atoms with van der Waals surface area (Å²) >= 11 is 0. The second kappa shape index (κ2) is 22.2. The molecule has 324 valence electrons. The summed E-state index contributed by atoms with van der Waals surface area (Å²) in [6, 6.07) is 3.42. The van der Waals surface area contributed by atoms with Gasteiger partial charge in [-0.05, 0) is 116 Å². The van der Waals surface area contributed by atoms with Gasteiger partial charge in [-0.1, -0.05) is 107 Å². The maximum absolute atomic E-state index is 12.9. The maximum atomic E-state index is 12.9. The van der Waals surface area contributed by atoms with Gasteiger partial charge in [-0.2, -0.15) is 5.26 Å². The molecule has 0 amide bonds. The molecule has 0 unspecified atom stereocenters. The van der Waals surface area contributed by atoms with Crippen LogP contribution in [0.1, 0.15) is 121 Å². The van der Waals surface area contributed by atoms with Crippen LogP contribution in [0.5, 0.6) is 0 Å². The number of rotatable bonds is 23. The van der Waals surface area contributed by atoms with Crippen LogP contribution in [0.4, 0.5) is 0 Å². The van der Waals surface area contributed by atoms with Crippen LogP contribution < -0.4 is 0 Å². The number of allylic oxidation sites excluding steroid dienone is 2. The molecule has 0 aliphatic heterocycles. The lowest BCUT2D eigenvalue weighted by Crippen LogP contribution is -2.46. The van der Waals surface area contributed by atoms with Crippen molar-refractivity contribution in [2.45, 2.75) is 201 Å². The second-order valence-electron chi connectivity index (χ2n) is 21.8. The van der Waals surface area contributed by atoms with Crippen molar-refractivity contribution >= 4 is 36.6 Å². The summed E-state index contributed by atoms with van der Waals surface area (Å²) in [6.07, 6.45) is 9.98. The van der Waals surface area contributed by atoms with Crippen molar-refractivity contribution in [2.24, 2.45) is 35.5 Å². The van der Waals surface area contributed by atoms with Crippen molar-refractivity contribution in [2.75, 3.05) is 6.61 Å². The third kappa shape index (κ3) is 17.7. The molecule has 56 heavy (non-hydrogen) atoms. The van der Waals surface area contributed by atoms with Crippen molar-refractivity contribution in [1.29, 1.82) is 5.26 Å². The Hall–Kier alpha value is -1.56. The van der Waals surface area contributed by atoms with Gasteiger partial charge in [-0.3, -0.25) is 9.59 Å². The van der Waals surface area contributed by atoms with Crippen LogP contribution in [-0.4, -0.2) is 71.8 Å². The first-order valence-corrected chi connectivity index (χ1v) is 31.1. The Balaban J connectivity index is 3.10. The van der Waals surface area contributed by atoms with E-state index in [1.807, 2.05) is 18.2 Å². The van der Waals surface area contributed by atoms with E-state index in [0.717, 1.165) is 44.6 Å². The normalized spacial score (nSPS) is 21.6. The topological polar surface area (TPSA) is 126 Å². The predicted molar refractivity (Wildman–Crippen MR) is 240 cm³/mol. The zero-order valence-corrected chi connectivity index (χ0v) is 41.9. The molecule has 0 spiro atoms. The first kappa shape index (κ1) is 52.5. The standard InChI is InChI=1S/C45H85NO7Si3/c1-32(28-34(3)40(30-41(48)49)52-55(14,15)44(5,6)7)27-33(2)29-35(4)42(53-56(16,17)45(8,9)10)36(31-46)21-18-19-24-39(47)37-22-20-23-38(37)43(50)51-25-26-54(11,12)13/h18-19,21,32-35,37-40,42,47H,20,22-30H2,1-17H3,(H,48,49)/b19-18+,36-21-/t32-,33+,34-,35-,37+,38+,39-,40-,42+/m0/s1. The van der Waals surface area contributed by atoms with Crippen molar-refractivity contribution < 1.29 is 33.4 Å². The summed E-state index contributed by atoms with van der Waals surface area (Å²) in [5.74, 6) is -0.430. The zero-order valence-electron chi connectivity index (χ0n) is 38.9. The number of carbonyl (C=O) groups is 2. The molecule has 0 bridgehead atoms. The molecule has 0 radical (unpaired) electrons. The molecule has 2 N–H and O–H groups in total. The van der Waals surface area contributed by atoms with Crippen molar-refractivity contribution in [1.82, 2.24) is 0 Å². The van der Waals surface area contributed by atoms with Crippen molar-refractivity contribution in [3.05, 3.63) is 23.8 Å². The number of aliphatic hydroxyl groups excluding tert-OH is 1. The van der Waals surface area contributed by atoms with Gasteiger partial charge < -0.3 is 23.8 Å². The Morgan fingerprint density at radius 2 is 1.38 bits per heavy atom. The molecule has 0 heterocycles. The summed E-state index contributed by atoms with van der Waals surface area (Å²) in [5.41, 5.74) is 0.589. The Kier molecular flexibility index (Phi) is 20.8. The number of hydrogen-bond donors (Lipinski definition) is 2. The number of nitrogens with zero attached hydrogens (tertiary/aromatic N) is 1. The number of aliphatic carboxylic acids is 1. The van der Waals surface area contributed by atoms with Crippen LogP contribution in [-0.2, 0) is 23.2 Å².